The number of anilines is 1. The maximum Gasteiger partial charge on any atom is 0.412 e. The maximum atomic E-state index is 11.6. The van der Waals surface area contributed by atoms with E-state index in [4.69, 9.17) is 10.00 Å². The molecule has 0 fully saturated rings. The number of benzene rings is 1. The van der Waals surface area contributed by atoms with E-state index in [0.717, 1.165) is 6.07 Å². The first-order valence-corrected chi connectivity index (χ1v) is 7.32. The number of fused-ring (bicyclic) bond motifs is 1. The lowest BCUT2D eigenvalue weighted by molar-refractivity contribution is -0.384. The highest BCUT2D eigenvalue weighted by Gasteiger charge is 2.35. The lowest BCUT2D eigenvalue weighted by Gasteiger charge is -2.32. The zero-order valence-corrected chi connectivity index (χ0v) is 13.6. The second-order valence-corrected chi connectivity index (χ2v) is 6.02. The molecule has 0 saturated carbocycles. The molecule has 2 aromatic rings. The van der Waals surface area contributed by atoms with Gasteiger partial charge in [-0.05, 0) is 26.0 Å². The average Bonchev–Trinajstić information content (AvgIpc) is 2.93. The van der Waals surface area contributed by atoms with Gasteiger partial charge in [0, 0.05) is 11.1 Å². The van der Waals surface area contributed by atoms with Crippen molar-refractivity contribution in [1.82, 2.24) is 4.57 Å². The number of carbonyl (C=O) groups excluding carboxylic acids is 2. The Labute approximate surface area is 146 Å². The third-order valence-electron chi connectivity index (χ3n) is 4.00. The van der Waals surface area contributed by atoms with Crippen LogP contribution in [-0.4, -0.2) is 21.7 Å². The Morgan fingerprint density at radius 2 is 2.08 bits per heavy atom. The Balaban J connectivity index is 2.31. The number of nitriles is 1. The summed E-state index contributed by atoms with van der Waals surface area (Å²) in [4.78, 5) is 33.6. The van der Waals surface area contributed by atoms with Gasteiger partial charge >= 0.3 is 6.09 Å². The number of nitrogens with one attached hydrogen (secondary N) is 1. The first kappa shape index (κ1) is 17.0. The molecule has 1 aliphatic heterocycles. The number of ether oxygens (including phenoxy) is 1. The van der Waals surface area contributed by atoms with Crippen LogP contribution < -0.4 is 10.4 Å². The normalized spacial score (nSPS) is 14.6. The number of hydrogen-bond acceptors (Lipinski definition) is 7. The molecule has 1 aromatic heterocycles. The number of aromatic nitrogens is 1. The summed E-state index contributed by atoms with van der Waals surface area (Å²) in [5, 5.41) is 34.4. The molecule has 1 aromatic carbocycles. The number of nitrogens with zero attached hydrogens (tertiary/aromatic N) is 3. The molecule has 0 spiro atoms. The standard InChI is InChI=1S/C16H12N4O6/c1-16(2)10-5-8(3-4-11(10)18-14(21)26-16)13-12(20(24)25)6-9(7-17)19(13)15(22)23/h3-6H,1-2H3,(H,18,21)(H,22,23)/p-1. The number of carboxylic acid groups (broad SMARTS) is 1. The highest BCUT2D eigenvalue weighted by atomic mass is 16.6. The molecule has 132 valence electrons. The van der Waals surface area contributed by atoms with Crippen molar-refractivity contribution in [2.24, 2.45) is 0 Å². The van der Waals surface area contributed by atoms with Crippen LogP contribution in [0.15, 0.2) is 24.3 Å². The average molecular weight is 355 g/mol. The first-order chi connectivity index (χ1) is 12.2. The van der Waals surface area contributed by atoms with Crippen LogP contribution in [-0.2, 0) is 10.3 Å². The van der Waals surface area contributed by atoms with E-state index < -0.39 is 34.1 Å². The van der Waals surface area contributed by atoms with Crippen molar-refractivity contribution >= 4 is 23.6 Å². The van der Waals surface area contributed by atoms with Crippen LogP contribution in [0.25, 0.3) is 11.3 Å². The molecule has 1 amide bonds. The van der Waals surface area contributed by atoms with Crippen molar-refractivity contribution in [2.75, 3.05) is 5.32 Å². The van der Waals surface area contributed by atoms with Gasteiger partial charge in [0.15, 0.2) is 0 Å². The number of rotatable bonds is 2. The summed E-state index contributed by atoms with van der Waals surface area (Å²) in [6.07, 6.45) is -2.42. The molecular weight excluding hydrogens is 344 g/mol. The summed E-state index contributed by atoms with van der Waals surface area (Å²) in [6.45, 7) is 3.25. The highest BCUT2D eigenvalue weighted by molar-refractivity contribution is 5.91. The Morgan fingerprint density at radius 1 is 1.38 bits per heavy atom. The van der Waals surface area contributed by atoms with Crippen molar-refractivity contribution in [3.05, 3.63) is 45.6 Å². The predicted molar refractivity (Wildman–Crippen MR) is 85.2 cm³/mol. The van der Waals surface area contributed by atoms with Crippen LogP contribution in [0.3, 0.4) is 0 Å². The van der Waals surface area contributed by atoms with Gasteiger partial charge in [0.1, 0.15) is 29.2 Å². The number of carbonyl (C=O) groups is 2. The second kappa shape index (κ2) is 5.59. The quantitative estimate of drug-likeness (QED) is 0.638. The van der Waals surface area contributed by atoms with E-state index in [1.165, 1.54) is 18.2 Å². The number of cyclic esters (lactones) is 1. The lowest BCUT2D eigenvalue weighted by atomic mass is 9.92. The monoisotopic (exact) mass is 355 g/mol. The third kappa shape index (κ3) is 2.51. The summed E-state index contributed by atoms with van der Waals surface area (Å²) in [6, 6.07) is 6.83. The van der Waals surface area contributed by atoms with Crippen LogP contribution in [0.4, 0.5) is 21.0 Å². The van der Waals surface area contributed by atoms with Crippen molar-refractivity contribution in [3.8, 4) is 17.3 Å². The molecule has 0 saturated heterocycles. The van der Waals surface area contributed by atoms with Crippen molar-refractivity contribution in [3.63, 3.8) is 0 Å². The summed E-state index contributed by atoms with van der Waals surface area (Å²) in [7, 11) is 0. The Bertz CT molecular complexity index is 1010. The SMILES string of the molecule is CC1(C)OC(=O)Nc2ccc(-c3c([N+](=O)[O-])cc(C#N)n3C(=O)[O-])cc21. The number of amides is 1. The molecule has 3 rings (SSSR count). The Morgan fingerprint density at radius 3 is 2.65 bits per heavy atom. The van der Waals surface area contributed by atoms with Gasteiger partial charge in [0.25, 0.3) is 5.69 Å². The van der Waals surface area contributed by atoms with Crippen LogP contribution in [0.1, 0.15) is 25.1 Å². The largest absolute Gasteiger partial charge is 0.529 e. The molecular formula is C16H11N4O6-. The van der Waals surface area contributed by atoms with Gasteiger partial charge in [-0.2, -0.15) is 5.26 Å². The smallest absolute Gasteiger partial charge is 0.412 e. The summed E-state index contributed by atoms with van der Waals surface area (Å²) >= 11 is 0. The van der Waals surface area contributed by atoms with E-state index in [0.29, 0.717) is 15.8 Å². The van der Waals surface area contributed by atoms with Crippen LogP contribution in [0.2, 0.25) is 0 Å². The Kier molecular flexibility index (Phi) is 3.65. The van der Waals surface area contributed by atoms with Gasteiger partial charge < -0.3 is 14.6 Å². The van der Waals surface area contributed by atoms with Gasteiger partial charge in [-0.15, -0.1) is 0 Å². The lowest BCUT2D eigenvalue weighted by Crippen LogP contribution is -2.34. The topological polar surface area (TPSA) is 150 Å². The van der Waals surface area contributed by atoms with E-state index in [1.807, 2.05) is 0 Å². The summed E-state index contributed by atoms with van der Waals surface area (Å²) < 4.78 is 5.65. The fourth-order valence-corrected chi connectivity index (χ4v) is 2.91. The molecule has 0 aliphatic carbocycles. The fourth-order valence-electron chi connectivity index (χ4n) is 2.91. The van der Waals surface area contributed by atoms with Crippen LogP contribution in [0, 0.1) is 21.4 Å². The molecule has 0 unspecified atom stereocenters. The molecule has 10 nitrogen and oxygen atoms in total. The van der Waals surface area contributed by atoms with E-state index in [2.05, 4.69) is 5.32 Å². The zero-order chi connectivity index (χ0) is 19.2. The summed E-state index contributed by atoms with van der Waals surface area (Å²) in [5.74, 6) is 0. The molecule has 0 atom stereocenters. The molecule has 1 aliphatic rings. The number of nitro groups is 1. The molecule has 26 heavy (non-hydrogen) atoms. The van der Waals surface area contributed by atoms with E-state index in [-0.39, 0.29) is 11.3 Å². The molecule has 0 radical (unpaired) electrons. The predicted octanol–water partition coefficient (Wildman–Crippen LogP) is 1.92. The van der Waals surface area contributed by atoms with Gasteiger partial charge in [-0.1, -0.05) is 6.07 Å². The maximum absolute atomic E-state index is 11.6. The number of hydrogen-bond donors (Lipinski definition) is 1. The Hall–Kier alpha value is -3.87. The molecule has 0 bridgehead atoms. The summed E-state index contributed by atoms with van der Waals surface area (Å²) in [5.41, 5.74) is -1.24. The van der Waals surface area contributed by atoms with Crippen molar-refractivity contribution in [1.29, 1.82) is 5.26 Å². The minimum atomic E-state index is -1.77. The van der Waals surface area contributed by atoms with Crippen molar-refractivity contribution < 1.29 is 24.4 Å². The van der Waals surface area contributed by atoms with Gasteiger partial charge in [0.05, 0.1) is 16.7 Å². The van der Waals surface area contributed by atoms with Gasteiger partial charge in [-0.25, -0.2) is 4.79 Å². The van der Waals surface area contributed by atoms with Crippen LogP contribution >= 0.6 is 0 Å². The fraction of sp³-hybridized carbons (Fsp3) is 0.188. The van der Waals surface area contributed by atoms with E-state index in [9.17, 15) is 24.8 Å². The van der Waals surface area contributed by atoms with Gasteiger partial charge in [0.2, 0.25) is 0 Å². The molecule has 1 N–H and O–H groups in total. The van der Waals surface area contributed by atoms with E-state index in [1.54, 1.807) is 19.9 Å². The third-order valence-corrected chi connectivity index (χ3v) is 4.00. The van der Waals surface area contributed by atoms with Crippen LogP contribution in [0.5, 0.6) is 0 Å². The minimum Gasteiger partial charge on any atom is -0.529 e. The first-order valence-electron chi connectivity index (χ1n) is 7.32. The zero-order valence-electron chi connectivity index (χ0n) is 13.6. The van der Waals surface area contributed by atoms with Crippen molar-refractivity contribution in [2.45, 2.75) is 19.4 Å². The van der Waals surface area contributed by atoms with E-state index >= 15 is 0 Å². The highest BCUT2D eigenvalue weighted by Crippen LogP contribution is 2.40. The molecule has 10 heteroatoms. The minimum absolute atomic E-state index is 0.161. The molecule has 2 heterocycles. The van der Waals surface area contributed by atoms with Gasteiger partial charge in [-0.3, -0.25) is 20.0 Å². The second-order valence-electron chi connectivity index (χ2n) is 6.02.